The van der Waals surface area contributed by atoms with Gasteiger partial charge in [0.05, 0.1) is 32.4 Å². The van der Waals surface area contributed by atoms with Crippen LogP contribution in [0.5, 0.6) is 17.2 Å². The molecule has 0 aliphatic carbocycles. The molecule has 1 N–H and O–H groups in total. The number of amides is 1. The van der Waals surface area contributed by atoms with Gasteiger partial charge in [0.25, 0.3) is 11.7 Å². The van der Waals surface area contributed by atoms with E-state index in [4.69, 9.17) is 25.8 Å². The van der Waals surface area contributed by atoms with Gasteiger partial charge in [-0.2, -0.15) is 0 Å². The van der Waals surface area contributed by atoms with Crippen LogP contribution in [0.4, 0.5) is 5.69 Å². The number of hydrogen-bond donors (Lipinski definition) is 1. The van der Waals surface area contributed by atoms with E-state index in [0.29, 0.717) is 51.3 Å². The minimum atomic E-state index is -0.948. The summed E-state index contributed by atoms with van der Waals surface area (Å²) in [6, 6.07) is 14.6. The van der Waals surface area contributed by atoms with Crippen molar-refractivity contribution in [2.24, 2.45) is 0 Å². The minimum absolute atomic E-state index is 0.0366. The van der Waals surface area contributed by atoms with E-state index in [2.05, 4.69) is 0 Å². The predicted octanol–water partition coefficient (Wildman–Crippen LogP) is 6.81. The van der Waals surface area contributed by atoms with E-state index in [1.165, 1.54) is 19.1 Å². The lowest BCUT2D eigenvalue weighted by atomic mass is 9.92. The molecule has 3 aromatic carbocycles. The second kappa shape index (κ2) is 11.4. The molecule has 0 bridgehead atoms. The zero-order valence-corrected chi connectivity index (χ0v) is 23.6. The van der Waals surface area contributed by atoms with Crippen LogP contribution in [0, 0.1) is 6.92 Å². The molecule has 1 fully saturated rings. The van der Waals surface area contributed by atoms with Crippen LogP contribution >= 0.6 is 11.6 Å². The first-order valence-corrected chi connectivity index (χ1v) is 13.1. The topological polar surface area (TPSA) is 85.3 Å². The number of halogens is 1. The first-order valence-electron chi connectivity index (χ1n) is 12.7. The number of ketones is 1. The molecule has 1 aliphatic rings. The van der Waals surface area contributed by atoms with Gasteiger partial charge in [-0.25, -0.2) is 0 Å². The van der Waals surface area contributed by atoms with Crippen molar-refractivity contribution in [1.82, 2.24) is 0 Å². The molecule has 8 heteroatoms. The molecule has 0 saturated carbocycles. The molecular formula is C31H32ClNO6. The Balaban J connectivity index is 2.00. The van der Waals surface area contributed by atoms with E-state index in [1.54, 1.807) is 61.5 Å². The minimum Gasteiger partial charge on any atom is -0.507 e. The molecule has 1 saturated heterocycles. The van der Waals surface area contributed by atoms with Gasteiger partial charge in [0.1, 0.15) is 11.5 Å². The maximum Gasteiger partial charge on any atom is 0.300 e. The molecule has 1 atom stereocenters. The van der Waals surface area contributed by atoms with E-state index in [0.717, 1.165) is 5.56 Å². The number of carbonyl (C=O) groups excluding carboxylic acids is 2. The van der Waals surface area contributed by atoms with Crippen LogP contribution in [0.2, 0.25) is 5.02 Å². The number of rotatable bonds is 8. The van der Waals surface area contributed by atoms with Gasteiger partial charge < -0.3 is 19.3 Å². The molecule has 39 heavy (non-hydrogen) atoms. The van der Waals surface area contributed by atoms with Gasteiger partial charge in [-0.1, -0.05) is 37.6 Å². The summed E-state index contributed by atoms with van der Waals surface area (Å²) < 4.78 is 16.7. The Morgan fingerprint density at radius 3 is 2.33 bits per heavy atom. The summed E-state index contributed by atoms with van der Waals surface area (Å²) in [6.45, 7) is 8.22. The summed E-state index contributed by atoms with van der Waals surface area (Å²) in [5, 5.41) is 12.1. The van der Waals surface area contributed by atoms with Gasteiger partial charge in [0.15, 0.2) is 11.5 Å². The van der Waals surface area contributed by atoms with Crippen LogP contribution in [0.15, 0.2) is 60.2 Å². The summed E-state index contributed by atoms with van der Waals surface area (Å²) in [6.07, 6.45) is 0. The maximum atomic E-state index is 13.6. The van der Waals surface area contributed by atoms with E-state index in [-0.39, 0.29) is 17.3 Å². The Hall–Kier alpha value is -3.97. The van der Waals surface area contributed by atoms with E-state index < -0.39 is 17.7 Å². The van der Waals surface area contributed by atoms with Crippen LogP contribution in [0.1, 0.15) is 55.0 Å². The number of ether oxygens (including phenoxy) is 3. The van der Waals surface area contributed by atoms with Crippen LogP contribution in [-0.2, 0) is 9.59 Å². The van der Waals surface area contributed by atoms with Crippen LogP contribution < -0.4 is 19.1 Å². The van der Waals surface area contributed by atoms with Crippen molar-refractivity contribution in [3.63, 3.8) is 0 Å². The lowest BCUT2D eigenvalue weighted by Gasteiger charge is -2.27. The number of nitrogens with zero attached hydrogens (tertiary/aromatic N) is 1. The average Bonchev–Trinajstić information content (AvgIpc) is 3.19. The Morgan fingerprint density at radius 2 is 1.69 bits per heavy atom. The molecule has 7 nitrogen and oxygen atoms in total. The van der Waals surface area contributed by atoms with Crippen molar-refractivity contribution in [3.05, 3.63) is 87.4 Å². The number of benzene rings is 3. The van der Waals surface area contributed by atoms with E-state index in [1.807, 2.05) is 20.8 Å². The molecule has 0 spiro atoms. The second-order valence-electron chi connectivity index (χ2n) is 9.51. The molecule has 1 unspecified atom stereocenters. The second-order valence-corrected chi connectivity index (χ2v) is 9.91. The summed E-state index contributed by atoms with van der Waals surface area (Å²) in [5.41, 5.74) is 2.91. The number of Topliss-reactive ketones (excluding diaryl/α,β-unsaturated/α-hetero) is 1. The lowest BCUT2D eigenvalue weighted by Crippen LogP contribution is -2.30. The molecule has 1 aliphatic heterocycles. The molecule has 3 aromatic rings. The first kappa shape index (κ1) is 28.0. The van der Waals surface area contributed by atoms with Gasteiger partial charge in [-0.15, -0.1) is 0 Å². The molecular weight excluding hydrogens is 518 g/mol. The van der Waals surface area contributed by atoms with Crippen molar-refractivity contribution in [1.29, 1.82) is 0 Å². The molecule has 4 rings (SSSR count). The van der Waals surface area contributed by atoms with Gasteiger partial charge in [0, 0.05) is 16.3 Å². The lowest BCUT2D eigenvalue weighted by molar-refractivity contribution is -0.132. The molecule has 1 amide bonds. The van der Waals surface area contributed by atoms with Crippen molar-refractivity contribution in [3.8, 4) is 17.2 Å². The summed E-state index contributed by atoms with van der Waals surface area (Å²) in [5.74, 6) is -0.131. The SMILES string of the molecule is CCOc1ccc(/C(O)=C2\C(=O)C(=O)N(c3cccc(Cl)c3C)C2c2ccc(OC)c(OC)c2)cc1C(C)C. The third-order valence-corrected chi connectivity index (χ3v) is 7.28. The number of anilines is 1. The fraction of sp³-hybridized carbons (Fsp3) is 0.290. The average molecular weight is 550 g/mol. The fourth-order valence-electron chi connectivity index (χ4n) is 4.87. The van der Waals surface area contributed by atoms with Crippen molar-refractivity contribution in [2.75, 3.05) is 25.7 Å². The van der Waals surface area contributed by atoms with Crippen molar-refractivity contribution < 1.29 is 28.9 Å². The highest BCUT2D eigenvalue weighted by Gasteiger charge is 2.47. The molecule has 0 aromatic heterocycles. The van der Waals surface area contributed by atoms with Crippen molar-refractivity contribution >= 4 is 34.7 Å². The van der Waals surface area contributed by atoms with E-state index >= 15 is 0 Å². The predicted molar refractivity (Wildman–Crippen MR) is 152 cm³/mol. The highest BCUT2D eigenvalue weighted by Crippen LogP contribution is 2.46. The van der Waals surface area contributed by atoms with Crippen LogP contribution in [0.25, 0.3) is 5.76 Å². The van der Waals surface area contributed by atoms with Gasteiger partial charge in [-0.3, -0.25) is 14.5 Å². The third kappa shape index (κ3) is 5.06. The number of hydrogen-bond acceptors (Lipinski definition) is 6. The van der Waals surface area contributed by atoms with Gasteiger partial charge in [-0.05, 0) is 78.9 Å². The number of carbonyl (C=O) groups is 2. The number of aliphatic hydroxyl groups is 1. The highest BCUT2D eigenvalue weighted by atomic mass is 35.5. The van der Waals surface area contributed by atoms with E-state index in [9.17, 15) is 14.7 Å². The summed E-state index contributed by atoms with van der Waals surface area (Å²) in [4.78, 5) is 28.6. The summed E-state index contributed by atoms with van der Waals surface area (Å²) >= 11 is 6.41. The monoisotopic (exact) mass is 549 g/mol. The highest BCUT2D eigenvalue weighted by molar-refractivity contribution is 6.52. The smallest absolute Gasteiger partial charge is 0.300 e. The Labute approximate surface area is 233 Å². The Morgan fingerprint density at radius 1 is 1.00 bits per heavy atom. The number of methoxy groups -OCH3 is 2. The molecule has 0 radical (unpaired) electrons. The fourth-order valence-corrected chi connectivity index (χ4v) is 5.04. The standard InChI is InChI=1S/C31H32ClNO6/c1-7-39-24-13-12-20(15-21(24)17(2)3)29(34)27-28(19-11-14-25(37-5)26(16-19)38-6)33(31(36)30(27)35)23-10-8-9-22(32)18(23)4/h8-17,28,34H,7H2,1-6H3/b29-27+. The van der Waals surface area contributed by atoms with Crippen molar-refractivity contribution in [2.45, 2.75) is 39.7 Å². The summed E-state index contributed by atoms with van der Waals surface area (Å²) in [7, 11) is 3.03. The number of aliphatic hydroxyl groups excluding tert-OH is 1. The molecule has 204 valence electrons. The molecule has 1 heterocycles. The normalized spacial score (nSPS) is 16.6. The van der Waals surface area contributed by atoms with Crippen LogP contribution in [-0.4, -0.2) is 37.6 Å². The zero-order valence-electron chi connectivity index (χ0n) is 22.9. The van der Waals surface area contributed by atoms with Gasteiger partial charge in [0.2, 0.25) is 0 Å². The zero-order chi connectivity index (χ0) is 28.4. The van der Waals surface area contributed by atoms with Crippen LogP contribution in [0.3, 0.4) is 0 Å². The first-order chi connectivity index (χ1) is 18.6. The largest absolute Gasteiger partial charge is 0.507 e. The Kier molecular flexibility index (Phi) is 8.21. The van der Waals surface area contributed by atoms with Gasteiger partial charge >= 0.3 is 0 Å². The Bertz CT molecular complexity index is 1460. The quantitative estimate of drug-likeness (QED) is 0.189. The maximum absolute atomic E-state index is 13.6. The third-order valence-electron chi connectivity index (χ3n) is 6.87.